The van der Waals surface area contributed by atoms with Crippen LogP contribution in [-0.2, 0) is 14.2 Å². The van der Waals surface area contributed by atoms with Gasteiger partial charge < -0.3 is 24.6 Å². The number of hydrogen-bond acceptors (Lipinski definition) is 8. The van der Waals surface area contributed by atoms with Crippen molar-refractivity contribution in [3.05, 3.63) is 12.7 Å². The van der Waals surface area contributed by atoms with Gasteiger partial charge >= 0.3 is 0 Å². The maximum absolute atomic E-state index is 9.59. The van der Waals surface area contributed by atoms with Crippen molar-refractivity contribution in [3.8, 4) is 0 Å². The summed E-state index contributed by atoms with van der Waals surface area (Å²) in [6.45, 7) is -0.148. The van der Waals surface area contributed by atoms with E-state index < -0.39 is 12.3 Å². The molecule has 3 heterocycles. The maximum atomic E-state index is 9.59. The molecule has 9 heteroatoms. The monoisotopic (exact) mass is 363 g/mol. The lowest BCUT2D eigenvalue weighted by Gasteiger charge is -2.21. The van der Waals surface area contributed by atoms with Gasteiger partial charge in [-0.1, -0.05) is 12.8 Å². The van der Waals surface area contributed by atoms with Crippen LogP contribution >= 0.6 is 0 Å². The summed E-state index contributed by atoms with van der Waals surface area (Å²) in [4.78, 5) is 13.3. The molecule has 1 saturated heterocycles. The Morgan fingerprint density at radius 1 is 1.19 bits per heavy atom. The van der Waals surface area contributed by atoms with Crippen LogP contribution in [0.25, 0.3) is 11.2 Å². The molecule has 2 N–H and O–H groups in total. The van der Waals surface area contributed by atoms with Gasteiger partial charge in [0.2, 0.25) is 0 Å². The van der Waals surface area contributed by atoms with Gasteiger partial charge in [-0.3, -0.25) is 4.57 Å². The second-order valence-electron chi connectivity index (χ2n) is 6.82. The average Bonchev–Trinajstić information content (AvgIpc) is 3.39. The van der Waals surface area contributed by atoms with Crippen molar-refractivity contribution in [2.45, 2.75) is 56.3 Å². The average molecular weight is 363 g/mol. The second kappa shape index (κ2) is 7.43. The Morgan fingerprint density at radius 3 is 2.65 bits per heavy atom. The third-order valence-corrected chi connectivity index (χ3v) is 5.34. The number of aliphatic hydroxyl groups excluding tert-OH is 1. The number of ether oxygens (including phenoxy) is 3. The van der Waals surface area contributed by atoms with E-state index in [0.29, 0.717) is 17.2 Å². The number of imidazole rings is 1. The molecule has 1 saturated carbocycles. The van der Waals surface area contributed by atoms with E-state index in [9.17, 15) is 5.11 Å². The maximum Gasteiger partial charge on any atom is 0.167 e. The number of aliphatic hydroxyl groups is 1. The van der Waals surface area contributed by atoms with Gasteiger partial charge in [-0.2, -0.15) is 0 Å². The van der Waals surface area contributed by atoms with E-state index in [2.05, 4.69) is 20.3 Å². The van der Waals surface area contributed by atoms with Crippen LogP contribution in [0.2, 0.25) is 0 Å². The van der Waals surface area contributed by atoms with Crippen molar-refractivity contribution >= 4 is 17.0 Å². The predicted molar refractivity (Wildman–Crippen MR) is 93.8 cm³/mol. The standard InChI is InChI=1S/C17H25N5O4/c1-24-13-11(7-23)26-17(14(13)25-2)22-9-20-12-15(18-8-19-16(12)22)21-10-5-3-4-6-10/h8-11,13-14,17,23H,3-7H2,1-2H3,(H,18,19,21)/t11-,13-,14-,17-/m1/s1. The topological polar surface area (TPSA) is 104 Å². The van der Waals surface area contributed by atoms with Crippen LogP contribution in [0, 0.1) is 0 Å². The van der Waals surface area contributed by atoms with Crippen LogP contribution in [0.5, 0.6) is 0 Å². The molecule has 0 unspecified atom stereocenters. The van der Waals surface area contributed by atoms with Crippen molar-refractivity contribution < 1.29 is 19.3 Å². The summed E-state index contributed by atoms with van der Waals surface area (Å²) in [5, 5.41) is 13.1. The molecule has 1 aliphatic heterocycles. The number of hydrogen-bond donors (Lipinski definition) is 2. The van der Waals surface area contributed by atoms with Crippen molar-refractivity contribution in [2.75, 3.05) is 26.1 Å². The Bertz CT molecular complexity index is 748. The van der Waals surface area contributed by atoms with Crippen LogP contribution in [0.1, 0.15) is 31.9 Å². The summed E-state index contributed by atoms with van der Waals surface area (Å²) >= 11 is 0. The van der Waals surface area contributed by atoms with Crippen molar-refractivity contribution in [2.24, 2.45) is 0 Å². The minimum atomic E-state index is -0.485. The summed E-state index contributed by atoms with van der Waals surface area (Å²) in [6.07, 6.45) is 6.30. The molecule has 2 aromatic heterocycles. The fourth-order valence-corrected chi connectivity index (χ4v) is 4.02. The molecule has 4 rings (SSSR count). The first kappa shape index (κ1) is 17.6. The number of nitrogens with one attached hydrogen (secondary N) is 1. The van der Waals surface area contributed by atoms with Crippen molar-refractivity contribution in [3.63, 3.8) is 0 Å². The molecule has 0 radical (unpaired) electrons. The first-order valence-corrected chi connectivity index (χ1v) is 9.02. The molecule has 0 spiro atoms. The fraction of sp³-hybridized carbons (Fsp3) is 0.706. The summed E-state index contributed by atoms with van der Waals surface area (Å²) in [6, 6.07) is 0.435. The molecular formula is C17H25N5O4. The number of methoxy groups -OCH3 is 2. The Kier molecular flexibility index (Phi) is 5.03. The van der Waals surface area contributed by atoms with Crippen LogP contribution in [-0.4, -0.2) is 69.8 Å². The minimum absolute atomic E-state index is 0.148. The van der Waals surface area contributed by atoms with Crippen LogP contribution in [0.4, 0.5) is 5.82 Å². The first-order valence-electron chi connectivity index (χ1n) is 9.02. The Morgan fingerprint density at radius 2 is 1.96 bits per heavy atom. The zero-order valence-electron chi connectivity index (χ0n) is 15.0. The van der Waals surface area contributed by atoms with E-state index in [1.54, 1.807) is 20.5 Å². The third kappa shape index (κ3) is 2.94. The van der Waals surface area contributed by atoms with Gasteiger partial charge in [0.1, 0.15) is 24.6 Å². The molecule has 4 atom stereocenters. The summed E-state index contributed by atoms with van der Waals surface area (Å²) in [5.74, 6) is 0.745. The highest BCUT2D eigenvalue weighted by atomic mass is 16.6. The van der Waals surface area contributed by atoms with Gasteiger partial charge in [0.25, 0.3) is 0 Å². The smallest absolute Gasteiger partial charge is 0.167 e. The normalized spacial score (nSPS) is 29.7. The Hall–Kier alpha value is -1.81. The largest absolute Gasteiger partial charge is 0.394 e. The zero-order valence-corrected chi connectivity index (χ0v) is 15.0. The lowest BCUT2D eigenvalue weighted by atomic mass is 10.1. The van der Waals surface area contributed by atoms with E-state index in [0.717, 1.165) is 18.7 Å². The predicted octanol–water partition coefficient (Wildman–Crippen LogP) is 1.10. The molecule has 2 aromatic rings. The molecule has 0 amide bonds. The van der Waals surface area contributed by atoms with E-state index in [4.69, 9.17) is 14.2 Å². The highest BCUT2D eigenvalue weighted by Gasteiger charge is 2.46. The number of anilines is 1. The molecule has 2 fully saturated rings. The van der Waals surface area contributed by atoms with Gasteiger partial charge in [0.05, 0.1) is 12.9 Å². The van der Waals surface area contributed by atoms with Crippen LogP contribution < -0.4 is 5.32 Å². The first-order chi connectivity index (χ1) is 12.8. The van der Waals surface area contributed by atoms with Crippen LogP contribution in [0.3, 0.4) is 0 Å². The highest BCUT2D eigenvalue weighted by Crippen LogP contribution is 2.35. The van der Waals surface area contributed by atoms with E-state index in [1.165, 1.54) is 19.2 Å². The molecule has 2 aliphatic rings. The number of rotatable bonds is 6. The lowest BCUT2D eigenvalue weighted by Crippen LogP contribution is -2.36. The lowest BCUT2D eigenvalue weighted by molar-refractivity contribution is -0.0583. The zero-order chi connectivity index (χ0) is 18.1. The van der Waals surface area contributed by atoms with Gasteiger partial charge in [0.15, 0.2) is 23.2 Å². The Balaban J connectivity index is 1.66. The second-order valence-corrected chi connectivity index (χ2v) is 6.82. The molecule has 1 aliphatic carbocycles. The van der Waals surface area contributed by atoms with Gasteiger partial charge in [0, 0.05) is 20.3 Å². The highest BCUT2D eigenvalue weighted by molar-refractivity contribution is 5.82. The number of nitrogens with zero attached hydrogens (tertiary/aromatic N) is 4. The third-order valence-electron chi connectivity index (χ3n) is 5.34. The molecule has 0 aromatic carbocycles. The quantitative estimate of drug-likeness (QED) is 0.786. The summed E-state index contributed by atoms with van der Waals surface area (Å²) in [7, 11) is 3.19. The van der Waals surface area contributed by atoms with E-state index in [1.807, 2.05) is 4.57 Å². The molecule has 9 nitrogen and oxygen atoms in total. The van der Waals surface area contributed by atoms with Crippen molar-refractivity contribution in [1.82, 2.24) is 19.5 Å². The van der Waals surface area contributed by atoms with E-state index in [-0.39, 0.29) is 18.8 Å². The van der Waals surface area contributed by atoms with Crippen molar-refractivity contribution in [1.29, 1.82) is 0 Å². The van der Waals surface area contributed by atoms with Gasteiger partial charge in [-0.05, 0) is 12.8 Å². The Labute approximate surface area is 151 Å². The molecule has 142 valence electrons. The fourth-order valence-electron chi connectivity index (χ4n) is 4.02. The summed E-state index contributed by atoms with van der Waals surface area (Å²) in [5.41, 5.74) is 1.38. The van der Waals surface area contributed by atoms with Gasteiger partial charge in [-0.15, -0.1) is 0 Å². The van der Waals surface area contributed by atoms with Crippen LogP contribution in [0.15, 0.2) is 12.7 Å². The molecule has 26 heavy (non-hydrogen) atoms. The molecule has 0 bridgehead atoms. The van der Waals surface area contributed by atoms with E-state index >= 15 is 0 Å². The number of aromatic nitrogens is 4. The number of fused-ring (bicyclic) bond motifs is 1. The summed E-state index contributed by atoms with van der Waals surface area (Å²) < 4.78 is 18.9. The minimum Gasteiger partial charge on any atom is -0.394 e. The SMILES string of the molecule is CO[C@@H]1[C@H](OC)[C@@H](CO)O[C@H]1n1cnc2c(NC3CCCC3)ncnc21. The van der Waals surface area contributed by atoms with Gasteiger partial charge in [-0.25, -0.2) is 15.0 Å². The molecular weight excluding hydrogens is 338 g/mol.